The minimum Gasteiger partial charge on any atom is -0.461 e. The molecule has 1 aliphatic carbocycles. The van der Waals surface area contributed by atoms with E-state index >= 15 is 0 Å². The van der Waals surface area contributed by atoms with Crippen LogP contribution in [0, 0.1) is 23.7 Å². The quantitative estimate of drug-likeness (QED) is 0.136. The van der Waals surface area contributed by atoms with Gasteiger partial charge in [-0.3, -0.25) is 24.2 Å². The second kappa shape index (κ2) is 22.7. The maximum atomic E-state index is 14.6. The Morgan fingerprint density at radius 1 is 1.06 bits per heavy atom. The molecule has 364 valence electrons. The minimum absolute atomic E-state index is 0.0264. The van der Waals surface area contributed by atoms with Gasteiger partial charge in [0.25, 0.3) is 6.47 Å². The number of esters is 2. The monoisotopic (exact) mass is 923 g/mol. The van der Waals surface area contributed by atoms with Crippen LogP contribution in [0.4, 0.5) is 4.79 Å². The van der Waals surface area contributed by atoms with Gasteiger partial charge in [-0.25, -0.2) is 14.8 Å². The van der Waals surface area contributed by atoms with Crippen LogP contribution in [0.15, 0.2) is 43.0 Å². The highest BCUT2D eigenvalue weighted by molar-refractivity contribution is 5.84. The summed E-state index contributed by atoms with van der Waals surface area (Å²) in [5, 5.41) is 14.6. The molecule has 5 rings (SSSR count). The number of ketones is 1. The van der Waals surface area contributed by atoms with Crippen LogP contribution in [-0.4, -0.2) is 136 Å². The fraction of sp³-hybridized carbons (Fsp3) is 0.667. The van der Waals surface area contributed by atoms with Crippen molar-refractivity contribution in [1.82, 2.24) is 25.2 Å². The van der Waals surface area contributed by atoms with Gasteiger partial charge in [0.1, 0.15) is 41.6 Å². The van der Waals surface area contributed by atoms with Crippen molar-refractivity contribution in [2.24, 2.45) is 29.4 Å². The number of alkyl carbamates (subject to hydrolysis) is 1. The predicted molar refractivity (Wildman–Crippen MR) is 241 cm³/mol. The van der Waals surface area contributed by atoms with Gasteiger partial charge in [0, 0.05) is 66.6 Å². The van der Waals surface area contributed by atoms with Gasteiger partial charge in [0.05, 0.1) is 24.5 Å². The van der Waals surface area contributed by atoms with Crippen LogP contribution >= 0.6 is 0 Å². The number of amides is 1. The Morgan fingerprint density at radius 2 is 1.76 bits per heavy atom. The summed E-state index contributed by atoms with van der Waals surface area (Å²) in [6.07, 6.45) is 4.74. The SMILES string of the molecule is CC[C@H]1OC(=O)[C@H](C)[C@@H](OC(=O)Cc2cccnc2)[C@H](C)[C@@H](O[C@@H]2O[C@H](C)C[C@H](N(C)C)[C@H]2O)[C@](C)(OC(=O)NC/C=C/c2cnc(C3CC3)nc2)C[C@@H](C)C(=O)[C@H](C)[C@@H](N)[C@]1(C)OC=O. The first-order valence-electron chi connectivity index (χ1n) is 23.0. The van der Waals surface area contributed by atoms with E-state index < -0.39 is 102 Å². The highest BCUT2D eigenvalue weighted by atomic mass is 16.7. The van der Waals surface area contributed by atoms with Gasteiger partial charge in [-0.2, -0.15) is 0 Å². The number of likely N-dealkylation sites (N-methyl/N-ethyl adjacent to an activating group) is 1. The molecule has 1 amide bonds. The van der Waals surface area contributed by atoms with Crippen LogP contribution in [0.5, 0.6) is 0 Å². The third kappa shape index (κ3) is 12.8. The van der Waals surface area contributed by atoms with Crippen molar-refractivity contribution >= 4 is 36.4 Å². The first-order valence-corrected chi connectivity index (χ1v) is 23.0. The number of aromatic nitrogens is 3. The third-order valence-corrected chi connectivity index (χ3v) is 13.4. The number of ether oxygens (including phenoxy) is 6. The zero-order valence-corrected chi connectivity index (χ0v) is 40.0. The van der Waals surface area contributed by atoms with E-state index in [1.165, 1.54) is 20.0 Å². The van der Waals surface area contributed by atoms with Crippen molar-refractivity contribution in [3.05, 3.63) is 59.9 Å². The summed E-state index contributed by atoms with van der Waals surface area (Å²) in [7, 11) is 3.66. The van der Waals surface area contributed by atoms with Gasteiger partial charge in [-0.15, -0.1) is 0 Å². The molecule has 0 bridgehead atoms. The average molecular weight is 923 g/mol. The zero-order valence-electron chi connectivity index (χ0n) is 40.0. The molecule has 14 atom stereocenters. The molecule has 0 unspecified atom stereocenters. The molecule has 3 fully saturated rings. The van der Waals surface area contributed by atoms with Gasteiger partial charge < -0.3 is 49.5 Å². The summed E-state index contributed by atoms with van der Waals surface area (Å²) >= 11 is 0. The summed E-state index contributed by atoms with van der Waals surface area (Å²) in [6.45, 7) is 13.4. The van der Waals surface area contributed by atoms with E-state index in [9.17, 15) is 29.1 Å². The Morgan fingerprint density at radius 3 is 2.36 bits per heavy atom. The number of nitrogens with zero attached hydrogens (tertiary/aromatic N) is 4. The number of hydrogen-bond acceptors (Lipinski definition) is 17. The second-order valence-corrected chi connectivity index (χ2v) is 19.0. The maximum Gasteiger partial charge on any atom is 0.408 e. The molecule has 2 aromatic heterocycles. The number of pyridine rings is 1. The fourth-order valence-corrected chi connectivity index (χ4v) is 9.40. The number of nitrogens with one attached hydrogen (secondary N) is 1. The lowest BCUT2D eigenvalue weighted by atomic mass is 9.73. The van der Waals surface area contributed by atoms with Crippen molar-refractivity contribution in [2.45, 2.75) is 160 Å². The molecule has 2 saturated heterocycles. The molecule has 2 aliphatic heterocycles. The Labute approximate surface area is 388 Å². The Kier molecular flexibility index (Phi) is 18.0. The zero-order chi connectivity index (χ0) is 48.5. The molecule has 0 spiro atoms. The lowest BCUT2D eigenvalue weighted by molar-refractivity contribution is -0.298. The molecular weight excluding hydrogens is 853 g/mol. The van der Waals surface area contributed by atoms with E-state index in [0.29, 0.717) is 17.9 Å². The molecule has 2 aromatic rings. The number of aliphatic hydroxyl groups excluding tert-OH is 1. The number of carbonyl (C=O) groups is 5. The molecule has 1 saturated carbocycles. The summed E-state index contributed by atoms with van der Waals surface area (Å²) in [4.78, 5) is 84.0. The van der Waals surface area contributed by atoms with Crippen LogP contribution in [0.2, 0.25) is 0 Å². The first kappa shape index (κ1) is 52.1. The number of Topliss-reactive ketones (excluding diaryl/α,β-unsaturated/α-hetero) is 1. The smallest absolute Gasteiger partial charge is 0.408 e. The van der Waals surface area contributed by atoms with Crippen LogP contribution in [-0.2, 0) is 54.0 Å². The van der Waals surface area contributed by atoms with Crippen LogP contribution in [0.3, 0.4) is 0 Å². The van der Waals surface area contributed by atoms with E-state index in [2.05, 4.69) is 20.3 Å². The summed E-state index contributed by atoms with van der Waals surface area (Å²) in [6, 6.07) is 1.79. The standard InChI is InChI=1S/C48H70N6O12/c1-11-36-48(8,61-26-55)41(49)29(4)38(57)27(2)22-47(7,66-46(60)51-19-13-15-33-24-52-43(53-25-33)34-16-17-34)42(65-45-39(58)35(54(9)10)20-28(3)62-45)30(5)40(31(6)44(59)63-36)64-37(56)21-32-14-12-18-50-23-32/h12-15,18,23-31,34-36,39-42,45,58H,11,16-17,19-22,49H2,1-10H3,(H,51,60)/b15-13+/t27-,28-,29+,30+,31-,35+,36-,39-,40+,41-,42-,45+,47-,48-/m1/s1. The summed E-state index contributed by atoms with van der Waals surface area (Å²) in [5.74, 6) is -4.86. The molecule has 4 heterocycles. The molecule has 0 aromatic carbocycles. The fourth-order valence-electron chi connectivity index (χ4n) is 9.40. The van der Waals surface area contributed by atoms with Gasteiger partial charge in [0.2, 0.25) is 0 Å². The largest absolute Gasteiger partial charge is 0.461 e. The van der Waals surface area contributed by atoms with Gasteiger partial charge in [-0.1, -0.05) is 45.9 Å². The highest BCUT2D eigenvalue weighted by Crippen LogP contribution is 2.41. The van der Waals surface area contributed by atoms with Crippen molar-refractivity contribution in [3.8, 4) is 0 Å². The summed E-state index contributed by atoms with van der Waals surface area (Å²) < 4.78 is 37.6. The first-order chi connectivity index (χ1) is 31.2. The lowest BCUT2D eigenvalue weighted by Crippen LogP contribution is -2.63. The second-order valence-electron chi connectivity index (χ2n) is 19.0. The predicted octanol–water partition coefficient (Wildman–Crippen LogP) is 4.31. The van der Waals surface area contributed by atoms with Crippen molar-refractivity contribution in [2.75, 3.05) is 20.6 Å². The molecular formula is C48H70N6O12. The van der Waals surface area contributed by atoms with E-state index in [4.69, 9.17) is 34.2 Å². The van der Waals surface area contributed by atoms with Crippen molar-refractivity contribution in [1.29, 1.82) is 0 Å². The third-order valence-electron chi connectivity index (χ3n) is 13.4. The number of aliphatic hydroxyl groups is 1. The molecule has 18 nitrogen and oxygen atoms in total. The highest BCUT2D eigenvalue weighted by Gasteiger charge is 2.54. The van der Waals surface area contributed by atoms with E-state index in [-0.39, 0.29) is 38.1 Å². The van der Waals surface area contributed by atoms with Crippen molar-refractivity contribution < 1.29 is 57.5 Å². The lowest BCUT2D eigenvalue weighted by Gasteiger charge is -2.48. The molecule has 66 heavy (non-hydrogen) atoms. The number of carbonyl (C=O) groups excluding carboxylic acids is 5. The topological polar surface area (TPSA) is 241 Å². The van der Waals surface area contributed by atoms with E-state index in [0.717, 1.165) is 24.2 Å². The summed E-state index contributed by atoms with van der Waals surface area (Å²) in [5.41, 5.74) is 4.65. The average Bonchev–Trinajstić information content (AvgIpc) is 4.14. The molecule has 4 N–H and O–H groups in total. The number of nitrogens with two attached hydrogens (primary N) is 1. The van der Waals surface area contributed by atoms with Crippen LogP contribution in [0.25, 0.3) is 6.08 Å². The van der Waals surface area contributed by atoms with Crippen molar-refractivity contribution in [3.63, 3.8) is 0 Å². The van der Waals surface area contributed by atoms with Gasteiger partial charge in [-0.05, 0) is 85.5 Å². The molecule has 18 heteroatoms. The normalized spacial score (nSPS) is 34.8. The Hall–Kier alpha value is -4.88. The molecule has 3 aliphatic rings. The maximum absolute atomic E-state index is 14.6. The Balaban J connectivity index is 1.60. The minimum atomic E-state index is -1.79. The number of hydrogen-bond donors (Lipinski definition) is 3. The number of rotatable bonds is 14. The Bertz CT molecular complexity index is 1990. The van der Waals surface area contributed by atoms with Crippen LogP contribution in [0.1, 0.15) is 110 Å². The van der Waals surface area contributed by atoms with E-state index in [1.807, 2.05) is 25.9 Å². The molecule has 0 radical (unpaired) electrons. The van der Waals surface area contributed by atoms with E-state index in [1.54, 1.807) is 77.5 Å². The van der Waals surface area contributed by atoms with Gasteiger partial charge in [0.15, 0.2) is 11.9 Å². The van der Waals surface area contributed by atoms with Crippen LogP contribution < -0.4 is 11.1 Å². The van der Waals surface area contributed by atoms with Gasteiger partial charge >= 0.3 is 18.0 Å². The number of cyclic esters (lactones) is 1.